The molecule has 10 heteroatoms. The van der Waals surface area contributed by atoms with E-state index in [1.807, 2.05) is 65.6 Å². The number of likely N-dealkylation sites (N-methyl/N-ethyl adjacent to an activating group) is 1. The van der Waals surface area contributed by atoms with Gasteiger partial charge in [-0.3, -0.25) is 9.69 Å². The van der Waals surface area contributed by atoms with Crippen molar-refractivity contribution in [2.24, 2.45) is 0 Å². The van der Waals surface area contributed by atoms with Gasteiger partial charge >= 0.3 is 12.4 Å². The van der Waals surface area contributed by atoms with E-state index in [-0.39, 0.29) is 36.7 Å². The normalized spacial score (nSPS) is 13.1. The molecule has 0 aliphatic heterocycles. The minimum absolute atomic E-state index is 0.0395. The molecule has 1 amide bonds. The number of carbonyl (C=O) groups is 1. The van der Waals surface area contributed by atoms with Crippen molar-refractivity contribution in [3.05, 3.63) is 107 Å². The third kappa shape index (κ3) is 8.06. The van der Waals surface area contributed by atoms with Gasteiger partial charge in [-0.05, 0) is 41.9 Å². The zero-order chi connectivity index (χ0) is 27.9. The molecule has 0 aliphatic carbocycles. The van der Waals surface area contributed by atoms with Crippen LogP contribution >= 0.6 is 0 Å². The number of rotatable bonds is 10. The molecule has 0 saturated carbocycles. The van der Waals surface area contributed by atoms with Gasteiger partial charge in [0.15, 0.2) is 0 Å². The Labute approximate surface area is 217 Å². The summed E-state index contributed by atoms with van der Waals surface area (Å²) in [6.07, 6.45) is -9.88. The summed E-state index contributed by atoms with van der Waals surface area (Å²) in [5, 5.41) is 2.72. The summed E-state index contributed by atoms with van der Waals surface area (Å²) >= 11 is 0. The van der Waals surface area contributed by atoms with E-state index in [9.17, 15) is 31.1 Å². The SMILES string of the molecule is CC(=O)NCN(C)[C@H](COCc1cc(C(F)(F)F)cc(C(F)(F)F)c1)C(c1ccccc1)c1ccccc1. The number of alkyl halides is 6. The fourth-order valence-corrected chi connectivity index (χ4v) is 4.19. The number of nitrogens with one attached hydrogen (secondary N) is 1. The van der Waals surface area contributed by atoms with Gasteiger partial charge in [0.1, 0.15) is 0 Å². The minimum atomic E-state index is -4.94. The van der Waals surface area contributed by atoms with Crippen molar-refractivity contribution in [3.8, 4) is 0 Å². The standard InChI is InChI=1S/C28H28F6N2O2/c1-19(37)35-18-36(2)25(26(21-9-5-3-6-10-21)22-11-7-4-8-12-22)17-38-16-20-13-23(27(29,30)31)15-24(14-20)28(32,33)34/h3-15,25-26H,16-18H2,1-2H3,(H,35,37)/t25-/m1/s1. The lowest BCUT2D eigenvalue weighted by Gasteiger charge is -2.35. The first-order valence-electron chi connectivity index (χ1n) is 11.8. The number of benzene rings is 3. The molecule has 3 aromatic carbocycles. The van der Waals surface area contributed by atoms with Crippen LogP contribution in [0.25, 0.3) is 0 Å². The van der Waals surface area contributed by atoms with Gasteiger partial charge in [-0.15, -0.1) is 0 Å². The highest BCUT2D eigenvalue weighted by Gasteiger charge is 2.37. The molecule has 38 heavy (non-hydrogen) atoms. The van der Waals surface area contributed by atoms with Gasteiger partial charge in [-0.25, -0.2) is 0 Å². The molecule has 0 saturated heterocycles. The number of amides is 1. The second kappa shape index (κ2) is 12.4. The Morgan fingerprint density at radius 3 is 1.74 bits per heavy atom. The number of ether oxygens (including phenoxy) is 1. The minimum Gasteiger partial charge on any atom is -0.375 e. The van der Waals surface area contributed by atoms with E-state index in [1.54, 1.807) is 7.05 Å². The third-order valence-corrected chi connectivity index (χ3v) is 6.05. The summed E-state index contributed by atoms with van der Waals surface area (Å²) in [5.74, 6) is -0.528. The molecule has 3 aromatic rings. The van der Waals surface area contributed by atoms with Crippen molar-refractivity contribution in [1.82, 2.24) is 10.2 Å². The van der Waals surface area contributed by atoms with E-state index in [2.05, 4.69) is 5.32 Å². The Morgan fingerprint density at radius 2 is 1.32 bits per heavy atom. The largest absolute Gasteiger partial charge is 0.416 e. The third-order valence-electron chi connectivity index (χ3n) is 6.05. The van der Waals surface area contributed by atoms with Gasteiger partial charge in [0.25, 0.3) is 0 Å². The fraction of sp³-hybridized carbons (Fsp3) is 0.321. The van der Waals surface area contributed by atoms with Crippen LogP contribution in [0.3, 0.4) is 0 Å². The zero-order valence-corrected chi connectivity index (χ0v) is 20.8. The van der Waals surface area contributed by atoms with Crippen LogP contribution in [0, 0.1) is 0 Å². The van der Waals surface area contributed by atoms with Crippen LogP contribution < -0.4 is 5.32 Å². The van der Waals surface area contributed by atoms with Gasteiger partial charge in [0.2, 0.25) is 5.91 Å². The van der Waals surface area contributed by atoms with Crippen molar-refractivity contribution in [2.45, 2.75) is 37.8 Å². The lowest BCUT2D eigenvalue weighted by molar-refractivity contribution is -0.143. The highest BCUT2D eigenvalue weighted by molar-refractivity contribution is 5.72. The second-order valence-corrected chi connectivity index (χ2v) is 8.94. The van der Waals surface area contributed by atoms with Crippen LogP contribution in [-0.4, -0.2) is 37.2 Å². The Kier molecular flexibility index (Phi) is 9.56. The zero-order valence-electron chi connectivity index (χ0n) is 20.8. The number of nitrogens with zero attached hydrogens (tertiary/aromatic N) is 1. The molecule has 0 spiro atoms. The first-order valence-corrected chi connectivity index (χ1v) is 11.8. The van der Waals surface area contributed by atoms with Crippen LogP contribution in [0.1, 0.15) is 40.7 Å². The highest BCUT2D eigenvalue weighted by Crippen LogP contribution is 2.37. The molecule has 4 nitrogen and oxygen atoms in total. The summed E-state index contributed by atoms with van der Waals surface area (Å²) in [6, 6.07) is 19.9. The first kappa shape index (κ1) is 29.2. The van der Waals surface area contributed by atoms with Crippen molar-refractivity contribution in [1.29, 1.82) is 0 Å². The van der Waals surface area contributed by atoms with Crippen molar-refractivity contribution in [3.63, 3.8) is 0 Å². The predicted molar refractivity (Wildman–Crippen MR) is 131 cm³/mol. The van der Waals surface area contributed by atoms with Crippen LogP contribution in [-0.2, 0) is 28.5 Å². The molecule has 0 radical (unpaired) electrons. The monoisotopic (exact) mass is 538 g/mol. The molecule has 3 rings (SSSR count). The number of carbonyl (C=O) groups excluding carboxylic acids is 1. The number of hydrogen-bond acceptors (Lipinski definition) is 3. The van der Waals surface area contributed by atoms with E-state index in [0.717, 1.165) is 11.1 Å². The number of hydrogen-bond donors (Lipinski definition) is 1. The van der Waals surface area contributed by atoms with Gasteiger partial charge < -0.3 is 10.1 Å². The summed E-state index contributed by atoms with van der Waals surface area (Å²) in [6.45, 7) is 1.02. The molecule has 0 fully saturated rings. The molecular formula is C28H28F6N2O2. The van der Waals surface area contributed by atoms with E-state index >= 15 is 0 Å². The summed E-state index contributed by atoms with van der Waals surface area (Å²) in [4.78, 5) is 13.4. The second-order valence-electron chi connectivity index (χ2n) is 8.94. The van der Waals surface area contributed by atoms with Crippen LogP contribution in [0.4, 0.5) is 26.3 Å². The molecule has 204 valence electrons. The molecular weight excluding hydrogens is 510 g/mol. The maximum Gasteiger partial charge on any atom is 0.416 e. The maximum absolute atomic E-state index is 13.3. The average Bonchev–Trinajstić information content (AvgIpc) is 2.86. The first-order chi connectivity index (χ1) is 17.9. The Morgan fingerprint density at radius 1 is 0.842 bits per heavy atom. The summed E-state index contributed by atoms with van der Waals surface area (Å²) < 4.78 is 85.4. The molecule has 1 N–H and O–H groups in total. The molecule has 0 bridgehead atoms. The maximum atomic E-state index is 13.3. The van der Waals surface area contributed by atoms with Crippen molar-refractivity contribution >= 4 is 5.91 Å². The Balaban J connectivity index is 1.92. The predicted octanol–water partition coefficient (Wildman–Crippen LogP) is 6.47. The van der Waals surface area contributed by atoms with Crippen molar-refractivity contribution in [2.75, 3.05) is 20.3 Å². The van der Waals surface area contributed by atoms with Crippen LogP contribution in [0.2, 0.25) is 0 Å². The van der Waals surface area contributed by atoms with Gasteiger partial charge in [0.05, 0.1) is 31.0 Å². The van der Waals surface area contributed by atoms with Crippen LogP contribution in [0.15, 0.2) is 78.9 Å². The smallest absolute Gasteiger partial charge is 0.375 e. The molecule has 0 aromatic heterocycles. The average molecular weight is 539 g/mol. The van der Waals surface area contributed by atoms with Gasteiger partial charge in [0, 0.05) is 18.9 Å². The van der Waals surface area contributed by atoms with Gasteiger partial charge in [-0.1, -0.05) is 60.7 Å². The Hall–Kier alpha value is -3.37. The topological polar surface area (TPSA) is 41.6 Å². The molecule has 0 aliphatic rings. The van der Waals surface area contributed by atoms with Crippen LogP contribution in [0.5, 0.6) is 0 Å². The van der Waals surface area contributed by atoms with E-state index in [0.29, 0.717) is 12.1 Å². The van der Waals surface area contributed by atoms with E-state index < -0.39 is 36.1 Å². The summed E-state index contributed by atoms with van der Waals surface area (Å²) in [7, 11) is 1.76. The quantitative estimate of drug-likeness (QED) is 0.238. The van der Waals surface area contributed by atoms with Gasteiger partial charge in [-0.2, -0.15) is 26.3 Å². The molecule has 0 heterocycles. The van der Waals surface area contributed by atoms with E-state index in [4.69, 9.17) is 4.74 Å². The molecule has 0 unspecified atom stereocenters. The fourth-order valence-electron chi connectivity index (χ4n) is 4.19. The van der Waals surface area contributed by atoms with Crippen molar-refractivity contribution < 1.29 is 35.9 Å². The Bertz CT molecular complexity index is 1110. The lowest BCUT2D eigenvalue weighted by Crippen LogP contribution is -2.46. The van der Waals surface area contributed by atoms with E-state index in [1.165, 1.54) is 6.92 Å². The highest BCUT2D eigenvalue weighted by atomic mass is 19.4. The number of halogens is 6. The summed E-state index contributed by atoms with van der Waals surface area (Å²) in [5.41, 5.74) is -1.17. The molecule has 1 atom stereocenters. The lowest BCUT2D eigenvalue weighted by atomic mass is 9.84.